The van der Waals surface area contributed by atoms with Crippen LogP contribution in [0.4, 0.5) is 33.3 Å². The van der Waals surface area contributed by atoms with Crippen molar-refractivity contribution in [2.75, 3.05) is 29.6 Å². The number of hydrogen-bond donors (Lipinski definition) is 2. The van der Waals surface area contributed by atoms with Crippen LogP contribution in [-0.2, 0) is 15.9 Å². The topological polar surface area (TPSA) is 73.3 Å². The van der Waals surface area contributed by atoms with Crippen molar-refractivity contribution in [1.29, 1.82) is 4.78 Å². The van der Waals surface area contributed by atoms with Crippen LogP contribution >= 0.6 is 11.6 Å². The van der Waals surface area contributed by atoms with Gasteiger partial charge in [0, 0.05) is 42.8 Å². The first-order valence-corrected chi connectivity index (χ1v) is 11.7. The van der Waals surface area contributed by atoms with E-state index in [9.17, 15) is 31.0 Å². The standard InChI is InChI=1S/C20H19ClF5N3O2S/c1-32(27,31)13-4-2-3-12(9-13)28-18(30)14-10-16(21)15(20(24,25)26)11-17(14)29-7-5-19(22,23)6-8-29/h2-4,9-11,27H,5-8H2,1H3,(H,28,30). The molecule has 174 valence electrons. The average Bonchev–Trinajstić information content (AvgIpc) is 2.66. The highest BCUT2D eigenvalue weighted by Gasteiger charge is 2.38. The molecule has 1 saturated heterocycles. The molecule has 1 unspecified atom stereocenters. The second-order valence-electron chi connectivity index (χ2n) is 7.52. The molecule has 2 N–H and O–H groups in total. The van der Waals surface area contributed by atoms with E-state index in [1.807, 2.05) is 0 Å². The number of anilines is 2. The fourth-order valence-electron chi connectivity index (χ4n) is 3.31. The minimum absolute atomic E-state index is 0.152. The van der Waals surface area contributed by atoms with Gasteiger partial charge in [-0.2, -0.15) is 13.2 Å². The summed E-state index contributed by atoms with van der Waals surface area (Å²) >= 11 is 5.80. The third kappa shape index (κ3) is 5.50. The molecule has 12 heteroatoms. The second kappa shape index (κ2) is 8.51. The molecule has 32 heavy (non-hydrogen) atoms. The SMILES string of the molecule is CS(=N)(=O)c1cccc(NC(=O)c2cc(Cl)c(C(F)(F)F)cc2N2CCC(F)(F)CC2)c1. The number of hydrogen-bond acceptors (Lipinski definition) is 4. The molecule has 1 amide bonds. The van der Waals surface area contributed by atoms with E-state index in [0.717, 1.165) is 6.07 Å². The number of piperidine rings is 1. The van der Waals surface area contributed by atoms with Gasteiger partial charge in [0.05, 0.1) is 31.6 Å². The lowest BCUT2D eigenvalue weighted by Gasteiger charge is -2.34. The number of halogens is 6. The maximum atomic E-state index is 13.6. The van der Waals surface area contributed by atoms with Gasteiger partial charge in [0.15, 0.2) is 0 Å². The maximum Gasteiger partial charge on any atom is 0.417 e. The Labute approximate surface area is 186 Å². The van der Waals surface area contributed by atoms with Gasteiger partial charge in [-0.1, -0.05) is 17.7 Å². The van der Waals surface area contributed by atoms with Crippen molar-refractivity contribution in [3.8, 4) is 0 Å². The number of nitrogens with zero attached hydrogens (tertiary/aromatic N) is 1. The van der Waals surface area contributed by atoms with Crippen molar-refractivity contribution in [2.24, 2.45) is 0 Å². The van der Waals surface area contributed by atoms with Gasteiger partial charge >= 0.3 is 6.18 Å². The van der Waals surface area contributed by atoms with Gasteiger partial charge in [-0.05, 0) is 30.3 Å². The molecule has 5 nitrogen and oxygen atoms in total. The van der Waals surface area contributed by atoms with Crippen LogP contribution < -0.4 is 10.2 Å². The van der Waals surface area contributed by atoms with Gasteiger partial charge in [-0.25, -0.2) is 17.8 Å². The predicted molar refractivity (Wildman–Crippen MR) is 112 cm³/mol. The van der Waals surface area contributed by atoms with Gasteiger partial charge in [-0.3, -0.25) is 4.79 Å². The van der Waals surface area contributed by atoms with Gasteiger partial charge in [-0.15, -0.1) is 0 Å². The highest BCUT2D eigenvalue weighted by molar-refractivity contribution is 7.91. The third-order valence-electron chi connectivity index (χ3n) is 5.01. The minimum Gasteiger partial charge on any atom is -0.370 e. The van der Waals surface area contributed by atoms with Gasteiger partial charge in [0.1, 0.15) is 0 Å². The summed E-state index contributed by atoms with van der Waals surface area (Å²) < 4.78 is 86.9. The van der Waals surface area contributed by atoms with E-state index < -0.39 is 51.2 Å². The number of carbonyl (C=O) groups is 1. The Morgan fingerprint density at radius 2 is 1.81 bits per heavy atom. The lowest BCUT2D eigenvalue weighted by molar-refractivity contribution is -0.137. The average molecular weight is 496 g/mol. The van der Waals surface area contributed by atoms with Crippen LogP contribution in [0.2, 0.25) is 5.02 Å². The van der Waals surface area contributed by atoms with Crippen molar-refractivity contribution >= 4 is 38.6 Å². The summed E-state index contributed by atoms with van der Waals surface area (Å²) in [7, 11) is -3.07. The van der Waals surface area contributed by atoms with Crippen LogP contribution in [0.1, 0.15) is 28.8 Å². The molecule has 2 aromatic rings. The summed E-state index contributed by atoms with van der Waals surface area (Å²) in [4.78, 5) is 14.4. The highest BCUT2D eigenvalue weighted by Crippen LogP contribution is 2.40. The molecule has 0 aliphatic carbocycles. The molecule has 0 radical (unpaired) electrons. The van der Waals surface area contributed by atoms with E-state index in [2.05, 4.69) is 5.32 Å². The lowest BCUT2D eigenvalue weighted by atomic mass is 10.0. The zero-order valence-electron chi connectivity index (χ0n) is 16.7. The zero-order valence-corrected chi connectivity index (χ0v) is 18.3. The summed E-state index contributed by atoms with van der Waals surface area (Å²) in [6.45, 7) is -0.475. The molecule has 1 atom stereocenters. The fourth-order valence-corrected chi connectivity index (χ4v) is 4.27. The van der Waals surface area contributed by atoms with Crippen molar-refractivity contribution < 1.29 is 31.0 Å². The molecule has 0 spiro atoms. The second-order valence-corrected chi connectivity index (χ2v) is 10.1. The monoisotopic (exact) mass is 495 g/mol. The molecule has 0 saturated carbocycles. The molecule has 0 aromatic heterocycles. The molecule has 2 aromatic carbocycles. The molecular formula is C20H19ClF5N3O2S. The van der Waals surface area contributed by atoms with Crippen molar-refractivity contribution in [2.45, 2.75) is 29.8 Å². The van der Waals surface area contributed by atoms with Crippen molar-refractivity contribution in [3.63, 3.8) is 0 Å². The van der Waals surface area contributed by atoms with Crippen LogP contribution in [-0.4, -0.2) is 35.4 Å². The van der Waals surface area contributed by atoms with E-state index >= 15 is 0 Å². The molecule has 3 rings (SSSR count). The summed E-state index contributed by atoms with van der Waals surface area (Å²) in [6.07, 6.45) is -4.72. The summed E-state index contributed by atoms with van der Waals surface area (Å²) in [5.41, 5.74) is -1.39. The molecule has 1 heterocycles. The largest absolute Gasteiger partial charge is 0.417 e. The van der Waals surface area contributed by atoms with E-state index in [1.165, 1.54) is 35.4 Å². The normalized spacial score (nSPS) is 18.2. The number of carbonyl (C=O) groups excluding carboxylic acids is 1. The smallest absolute Gasteiger partial charge is 0.370 e. The van der Waals surface area contributed by atoms with Crippen LogP contribution in [0.15, 0.2) is 41.3 Å². The summed E-state index contributed by atoms with van der Waals surface area (Å²) in [5.74, 6) is -3.75. The number of amides is 1. The molecule has 1 aliphatic heterocycles. The summed E-state index contributed by atoms with van der Waals surface area (Å²) in [5, 5.41) is 1.79. The minimum atomic E-state index is -4.80. The first-order valence-electron chi connectivity index (χ1n) is 9.36. The highest BCUT2D eigenvalue weighted by atomic mass is 35.5. The van der Waals surface area contributed by atoms with E-state index in [-0.39, 0.29) is 34.9 Å². The Bertz CT molecular complexity index is 1140. The quantitative estimate of drug-likeness (QED) is 0.520. The van der Waals surface area contributed by atoms with Crippen molar-refractivity contribution in [1.82, 2.24) is 0 Å². The third-order valence-corrected chi connectivity index (χ3v) is 6.48. The number of benzene rings is 2. The Kier molecular flexibility index (Phi) is 6.45. The predicted octanol–water partition coefficient (Wildman–Crippen LogP) is 5.88. The summed E-state index contributed by atoms with van der Waals surface area (Å²) in [6, 6.07) is 7.24. The first kappa shape index (κ1) is 24.2. The lowest BCUT2D eigenvalue weighted by Crippen LogP contribution is -2.40. The van der Waals surface area contributed by atoms with Crippen LogP contribution in [0.3, 0.4) is 0 Å². The van der Waals surface area contributed by atoms with Gasteiger partial charge in [0.2, 0.25) is 0 Å². The maximum absolute atomic E-state index is 13.6. The van der Waals surface area contributed by atoms with Crippen LogP contribution in [0, 0.1) is 4.78 Å². The fraction of sp³-hybridized carbons (Fsp3) is 0.350. The van der Waals surface area contributed by atoms with Crippen molar-refractivity contribution in [3.05, 3.63) is 52.5 Å². The number of rotatable bonds is 4. The van der Waals surface area contributed by atoms with Gasteiger partial charge < -0.3 is 10.2 Å². The number of alkyl halides is 5. The van der Waals surface area contributed by atoms with E-state index in [4.69, 9.17) is 16.4 Å². The molecular weight excluding hydrogens is 477 g/mol. The number of nitrogens with one attached hydrogen (secondary N) is 2. The zero-order chi connectivity index (χ0) is 23.9. The molecule has 1 aliphatic rings. The van der Waals surface area contributed by atoms with Gasteiger partial charge in [0.25, 0.3) is 11.8 Å². The Morgan fingerprint density at radius 3 is 2.38 bits per heavy atom. The van der Waals surface area contributed by atoms with Crippen LogP contribution in [0.5, 0.6) is 0 Å². The first-order chi connectivity index (χ1) is 14.7. The van der Waals surface area contributed by atoms with Crippen LogP contribution in [0.25, 0.3) is 0 Å². The Hall–Kier alpha value is -2.40. The Morgan fingerprint density at radius 1 is 1.19 bits per heavy atom. The molecule has 1 fully saturated rings. The van der Waals surface area contributed by atoms with E-state index in [0.29, 0.717) is 6.07 Å². The molecule has 0 bridgehead atoms. The van der Waals surface area contributed by atoms with E-state index in [1.54, 1.807) is 0 Å². The Balaban J connectivity index is 2.01.